The number of aromatic nitrogens is 1. The van der Waals surface area contributed by atoms with Crippen LogP contribution in [0.1, 0.15) is 33.9 Å². The third kappa shape index (κ3) is 4.91. The molecule has 29 heavy (non-hydrogen) atoms. The highest BCUT2D eigenvalue weighted by Gasteiger charge is 2.14. The summed E-state index contributed by atoms with van der Waals surface area (Å²) in [7, 11) is 0. The van der Waals surface area contributed by atoms with Gasteiger partial charge in [-0.2, -0.15) is 0 Å². The first-order valence-corrected chi connectivity index (χ1v) is 9.99. The predicted octanol–water partition coefficient (Wildman–Crippen LogP) is 7.00. The summed E-state index contributed by atoms with van der Waals surface area (Å²) in [6.45, 7) is 4.22. The zero-order chi connectivity index (χ0) is 20.1. The number of nitrogens with zero attached hydrogens (tertiary/aromatic N) is 1. The Kier molecular flexibility index (Phi) is 5.71. The summed E-state index contributed by atoms with van der Waals surface area (Å²) in [6.07, 6.45) is 7.08. The molecule has 0 bridgehead atoms. The number of oxazole rings is 1. The van der Waals surface area contributed by atoms with Crippen molar-refractivity contribution in [2.24, 2.45) is 0 Å². The maximum Gasteiger partial charge on any atom is 0.226 e. The van der Waals surface area contributed by atoms with Crippen molar-refractivity contribution in [2.45, 2.75) is 26.2 Å². The molecule has 144 valence electrons. The molecule has 4 rings (SSSR count). The molecule has 4 aromatic rings. The topological polar surface area (TPSA) is 26.0 Å². The van der Waals surface area contributed by atoms with Crippen LogP contribution in [0, 0.1) is 13.8 Å². The number of aryl methyl sites for hydroxylation is 2. The second kappa shape index (κ2) is 8.74. The molecule has 0 spiro atoms. The molecule has 2 heteroatoms. The average Bonchev–Trinajstić information content (AvgIpc) is 3.22. The zero-order valence-corrected chi connectivity index (χ0v) is 16.9. The largest absolute Gasteiger partial charge is 0.441 e. The van der Waals surface area contributed by atoms with E-state index in [0.717, 1.165) is 17.7 Å². The first-order chi connectivity index (χ1) is 14.2. The van der Waals surface area contributed by atoms with E-state index in [2.05, 4.69) is 79.5 Å². The molecule has 0 aliphatic heterocycles. The summed E-state index contributed by atoms with van der Waals surface area (Å²) in [4.78, 5) is 4.48. The van der Waals surface area contributed by atoms with Crippen LogP contribution in [0.5, 0.6) is 0 Å². The Morgan fingerprint density at radius 2 is 1.48 bits per heavy atom. The van der Waals surface area contributed by atoms with E-state index in [0.29, 0.717) is 5.89 Å². The van der Waals surface area contributed by atoms with Crippen LogP contribution in [0.15, 0.2) is 95.6 Å². The molecule has 0 aliphatic carbocycles. The van der Waals surface area contributed by atoms with Gasteiger partial charge in [-0.3, -0.25) is 0 Å². The molecule has 0 N–H and O–H groups in total. The molecule has 0 aliphatic rings. The normalized spacial score (nSPS) is 12.3. The fraction of sp³-hybridized carbons (Fsp3) is 0.148. The van der Waals surface area contributed by atoms with Gasteiger partial charge in [0.1, 0.15) is 5.76 Å². The van der Waals surface area contributed by atoms with Crippen LogP contribution in [-0.2, 0) is 6.42 Å². The Morgan fingerprint density at radius 1 is 0.828 bits per heavy atom. The smallest absolute Gasteiger partial charge is 0.226 e. The molecule has 1 unspecified atom stereocenters. The molecule has 0 radical (unpaired) electrons. The summed E-state index contributed by atoms with van der Waals surface area (Å²) in [5.41, 5.74) is 6.01. The fourth-order valence-electron chi connectivity index (χ4n) is 3.35. The van der Waals surface area contributed by atoms with Crippen molar-refractivity contribution >= 4 is 6.08 Å². The number of rotatable bonds is 6. The van der Waals surface area contributed by atoms with Gasteiger partial charge in [0, 0.05) is 17.9 Å². The molecule has 0 amide bonds. The molecule has 1 heterocycles. The van der Waals surface area contributed by atoms with E-state index >= 15 is 0 Å². The van der Waals surface area contributed by atoms with E-state index in [1.807, 2.05) is 36.5 Å². The molecular formula is C27H25NO. The second-order valence-corrected chi connectivity index (χ2v) is 7.49. The van der Waals surface area contributed by atoms with Crippen molar-refractivity contribution in [1.82, 2.24) is 4.98 Å². The number of hydrogen-bond donors (Lipinski definition) is 0. The Bertz CT molecular complexity index is 1070. The van der Waals surface area contributed by atoms with Crippen LogP contribution in [0.25, 0.3) is 17.5 Å². The monoisotopic (exact) mass is 379 g/mol. The van der Waals surface area contributed by atoms with Crippen LogP contribution in [-0.4, -0.2) is 4.98 Å². The van der Waals surface area contributed by atoms with E-state index in [1.165, 1.54) is 22.3 Å². The van der Waals surface area contributed by atoms with Crippen molar-refractivity contribution in [3.05, 3.63) is 119 Å². The molecule has 0 fully saturated rings. The van der Waals surface area contributed by atoms with Gasteiger partial charge >= 0.3 is 0 Å². The SMILES string of the molecule is Cc1ccc(/C=C/C(Cc2cnc(-c3ccccc3)o2)c2ccc(C)cc2)cc1. The lowest BCUT2D eigenvalue weighted by molar-refractivity contribution is 0.508. The lowest BCUT2D eigenvalue weighted by atomic mass is 9.93. The van der Waals surface area contributed by atoms with Crippen LogP contribution in [0.3, 0.4) is 0 Å². The lowest BCUT2D eigenvalue weighted by Crippen LogP contribution is -1.99. The summed E-state index contributed by atoms with van der Waals surface area (Å²) in [5.74, 6) is 1.78. The summed E-state index contributed by atoms with van der Waals surface area (Å²) >= 11 is 0. The average molecular weight is 380 g/mol. The minimum atomic E-state index is 0.216. The van der Waals surface area contributed by atoms with Gasteiger partial charge in [-0.15, -0.1) is 0 Å². The van der Waals surface area contributed by atoms with Gasteiger partial charge < -0.3 is 4.42 Å². The summed E-state index contributed by atoms with van der Waals surface area (Å²) < 4.78 is 6.07. The van der Waals surface area contributed by atoms with Crippen LogP contribution >= 0.6 is 0 Å². The quantitative estimate of drug-likeness (QED) is 0.360. The minimum Gasteiger partial charge on any atom is -0.441 e. The Morgan fingerprint density at radius 3 is 2.17 bits per heavy atom. The maximum atomic E-state index is 6.07. The first kappa shape index (κ1) is 18.9. The van der Waals surface area contributed by atoms with E-state index in [4.69, 9.17) is 4.42 Å². The third-order valence-electron chi connectivity index (χ3n) is 5.10. The zero-order valence-electron chi connectivity index (χ0n) is 16.9. The highest BCUT2D eigenvalue weighted by atomic mass is 16.4. The van der Waals surface area contributed by atoms with Crippen molar-refractivity contribution < 1.29 is 4.42 Å². The van der Waals surface area contributed by atoms with E-state index in [9.17, 15) is 0 Å². The number of allylic oxidation sites excluding steroid dienone is 1. The van der Waals surface area contributed by atoms with Gasteiger partial charge in [-0.1, -0.05) is 90.0 Å². The fourth-order valence-corrected chi connectivity index (χ4v) is 3.35. The lowest BCUT2D eigenvalue weighted by Gasteiger charge is -2.12. The molecule has 2 nitrogen and oxygen atoms in total. The van der Waals surface area contributed by atoms with E-state index in [1.54, 1.807) is 0 Å². The number of benzene rings is 3. The van der Waals surface area contributed by atoms with Gasteiger partial charge in [0.15, 0.2) is 0 Å². The van der Waals surface area contributed by atoms with Crippen LogP contribution in [0.2, 0.25) is 0 Å². The minimum absolute atomic E-state index is 0.216. The van der Waals surface area contributed by atoms with Gasteiger partial charge in [0.25, 0.3) is 0 Å². The van der Waals surface area contributed by atoms with E-state index in [-0.39, 0.29) is 5.92 Å². The standard InChI is InChI=1S/C27H25NO/c1-20-8-12-22(13-9-20)14-17-25(23-15-10-21(2)11-16-23)18-26-19-28-27(29-26)24-6-4-3-5-7-24/h3-17,19,25H,18H2,1-2H3/b17-14+. The van der Waals surface area contributed by atoms with Gasteiger partial charge in [-0.05, 0) is 37.1 Å². The highest BCUT2D eigenvalue weighted by molar-refractivity contribution is 5.53. The summed E-state index contributed by atoms with van der Waals surface area (Å²) in [6, 6.07) is 27.4. The Labute approximate surface area is 172 Å². The van der Waals surface area contributed by atoms with Gasteiger partial charge in [0.2, 0.25) is 5.89 Å². The molecule has 1 atom stereocenters. The molecule has 0 saturated heterocycles. The van der Waals surface area contributed by atoms with Crippen molar-refractivity contribution in [3.63, 3.8) is 0 Å². The Hall–Kier alpha value is -3.39. The van der Waals surface area contributed by atoms with Crippen LogP contribution < -0.4 is 0 Å². The first-order valence-electron chi connectivity index (χ1n) is 9.99. The highest BCUT2D eigenvalue weighted by Crippen LogP contribution is 2.27. The van der Waals surface area contributed by atoms with Gasteiger partial charge in [-0.25, -0.2) is 4.98 Å². The predicted molar refractivity (Wildman–Crippen MR) is 120 cm³/mol. The molecule has 0 saturated carbocycles. The summed E-state index contributed by atoms with van der Waals surface area (Å²) in [5, 5.41) is 0. The second-order valence-electron chi connectivity index (χ2n) is 7.49. The molecule has 3 aromatic carbocycles. The van der Waals surface area contributed by atoms with Crippen molar-refractivity contribution in [3.8, 4) is 11.5 Å². The molecular weight excluding hydrogens is 354 g/mol. The third-order valence-corrected chi connectivity index (χ3v) is 5.10. The Balaban J connectivity index is 1.59. The van der Waals surface area contributed by atoms with E-state index < -0.39 is 0 Å². The van der Waals surface area contributed by atoms with Gasteiger partial charge in [0.05, 0.1) is 6.20 Å². The maximum absolute atomic E-state index is 6.07. The number of hydrogen-bond acceptors (Lipinski definition) is 2. The van der Waals surface area contributed by atoms with Crippen molar-refractivity contribution in [1.29, 1.82) is 0 Å². The van der Waals surface area contributed by atoms with Crippen LogP contribution in [0.4, 0.5) is 0 Å². The van der Waals surface area contributed by atoms with Crippen molar-refractivity contribution in [2.75, 3.05) is 0 Å². The molecule has 1 aromatic heterocycles.